The third-order valence-corrected chi connectivity index (χ3v) is 3.76. The maximum absolute atomic E-state index is 12.0. The second kappa shape index (κ2) is 6.03. The first kappa shape index (κ1) is 12.4. The molecule has 0 unspecified atom stereocenters. The zero-order valence-corrected chi connectivity index (χ0v) is 10.4. The van der Waals surface area contributed by atoms with E-state index in [1.807, 2.05) is 4.90 Å². The molecule has 1 N–H and O–H groups in total. The summed E-state index contributed by atoms with van der Waals surface area (Å²) in [5, 5.41) is 3.07. The fourth-order valence-electron chi connectivity index (χ4n) is 2.62. The number of hydrogen-bond donors (Lipinski definition) is 1. The van der Waals surface area contributed by atoms with Gasteiger partial charge in [-0.05, 0) is 25.7 Å². The predicted octanol–water partition coefficient (Wildman–Crippen LogP) is 2.08. The Kier molecular flexibility index (Phi) is 4.40. The van der Waals surface area contributed by atoms with Gasteiger partial charge in [-0.3, -0.25) is 4.79 Å². The Morgan fingerprint density at radius 2 is 1.65 bits per heavy atom. The van der Waals surface area contributed by atoms with Crippen molar-refractivity contribution < 1.29 is 9.59 Å². The largest absolute Gasteiger partial charge is 0.335 e. The van der Waals surface area contributed by atoms with Crippen molar-refractivity contribution in [2.24, 2.45) is 0 Å². The molecule has 1 saturated heterocycles. The average molecular weight is 238 g/mol. The van der Waals surface area contributed by atoms with Crippen molar-refractivity contribution in [3.8, 4) is 0 Å². The highest BCUT2D eigenvalue weighted by atomic mass is 16.2. The number of nitrogens with one attached hydrogen (secondary N) is 1. The number of nitrogens with zero attached hydrogens (tertiary/aromatic N) is 1. The molecule has 0 atom stereocenters. The molecule has 0 aromatic rings. The normalized spacial score (nSPS) is 23.3. The fraction of sp³-hybridized carbons (Fsp3) is 0.846. The van der Waals surface area contributed by atoms with E-state index < -0.39 is 0 Å². The molecule has 2 fully saturated rings. The monoisotopic (exact) mass is 238 g/mol. The van der Waals surface area contributed by atoms with Gasteiger partial charge in [-0.15, -0.1) is 0 Å². The molecule has 0 aromatic heterocycles. The molecule has 2 amide bonds. The van der Waals surface area contributed by atoms with E-state index in [4.69, 9.17) is 0 Å². The molecule has 0 aromatic carbocycles. The SMILES string of the molecule is O=C1CCC(NC(=O)N2CCCCCC2)CC1. The van der Waals surface area contributed by atoms with E-state index >= 15 is 0 Å². The summed E-state index contributed by atoms with van der Waals surface area (Å²) >= 11 is 0. The Morgan fingerprint density at radius 3 is 2.24 bits per heavy atom. The van der Waals surface area contributed by atoms with Crippen molar-refractivity contribution >= 4 is 11.8 Å². The van der Waals surface area contributed by atoms with Gasteiger partial charge in [0.15, 0.2) is 0 Å². The first-order valence-electron chi connectivity index (χ1n) is 6.83. The maximum atomic E-state index is 12.0. The molecule has 1 saturated carbocycles. The number of amides is 2. The van der Waals surface area contributed by atoms with E-state index in [0.29, 0.717) is 18.6 Å². The van der Waals surface area contributed by atoms with Crippen molar-refractivity contribution in [3.63, 3.8) is 0 Å². The van der Waals surface area contributed by atoms with Gasteiger partial charge < -0.3 is 10.2 Å². The van der Waals surface area contributed by atoms with Crippen LogP contribution in [-0.2, 0) is 4.79 Å². The fourth-order valence-corrected chi connectivity index (χ4v) is 2.62. The first-order valence-corrected chi connectivity index (χ1v) is 6.83. The minimum atomic E-state index is 0.0752. The molecule has 96 valence electrons. The molecule has 4 heteroatoms. The summed E-state index contributed by atoms with van der Waals surface area (Å²) in [6, 6.07) is 0.287. The molecular weight excluding hydrogens is 216 g/mol. The number of carbonyl (C=O) groups is 2. The summed E-state index contributed by atoms with van der Waals surface area (Å²) in [5.74, 6) is 0.338. The maximum Gasteiger partial charge on any atom is 0.317 e. The molecule has 0 spiro atoms. The number of likely N-dealkylation sites (tertiary alicyclic amines) is 1. The summed E-state index contributed by atoms with van der Waals surface area (Å²) in [4.78, 5) is 25.1. The highest BCUT2D eigenvalue weighted by molar-refractivity contribution is 5.80. The van der Waals surface area contributed by atoms with Gasteiger partial charge in [0.2, 0.25) is 0 Å². The third kappa shape index (κ3) is 3.72. The van der Waals surface area contributed by atoms with Gasteiger partial charge in [0.25, 0.3) is 0 Å². The Labute approximate surface area is 103 Å². The number of Topliss-reactive ketones (excluding diaryl/α,β-unsaturated/α-hetero) is 1. The highest BCUT2D eigenvalue weighted by Gasteiger charge is 2.22. The van der Waals surface area contributed by atoms with Crippen LogP contribution in [0.25, 0.3) is 0 Å². The highest BCUT2D eigenvalue weighted by Crippen LogP contribution is 2.16. The second-order valence-electron chi connectivity index (χ2n) is 5.16. The topological polar surface area (TPSA) is 49.4 Å². The molecule has 1 heterocycles. The Balaban J connectivity index is 1.77. The first-order chi connectivity index (χ1) is 8.25. The lowest BCUT2D eigenvalue weighted by Crippen LogP contribution is -2.46. The molecular formula is C13H22N2O2. The summed E-state index contributed by atoms with van der Waals surface area (Å²) in [6.45, 7) is 1.77. The lowest BCUT2D eigenvalue weighted by molar-refractivity contribution is -0.120. The van der Waals surface area contributed by atoms with Crippen LogP contribution < -0.4 is 5.32 Å². The van der Waals surface area contributed by atoms with Gasteiger partial charge in [0.1, 0.15) is 5.78 Å². The Morgan fingerprint density at radius 1 is 1.06 bits per heavy atom. The number of carbonyl (C=O) groups excluding carboxylic acids is 2. The quantitative estimate of drug-likeness (QED) is 0.760. The van der Waals surface area contributed by atoms with Gasteiger partial charge in [-0.2, -0.15) is 0 Å². The van der Waals surface area contributed by atoms with Crippen LogP contribution >= 0.6 is 0 Å². The van der Waals surface area contributed by atoms with Crippen LogP contribution in [0.5, 0.6) is 0 Å². The van der Waals surface area contributed by atoms with Crippen molar-refractivity contribution in [1.82, 2.24) is 10.2 Å². The van der Waals surface area contributed by atoms with Crippen molar-refractivity contribution in [2.45, 2.75) is 57.4 Å². The van der Waals surface area contributed by atoms with Crippen LogP contribution in [-0.4, -0.2) is 35.8 Å². The minimum absolute atomic E-state index is 0.0752. The van der Waals surface area contributed by atoms with Crippen molar-refractivity contribution in [1.29, 1.82) is 0 Å². The van der Waals surface area contributed by atoms with Crippen molar-refractivity contribution in [2.75, 3.05) is 13.1 Å². The molecule has 0 bridgehead atoms. The molecule has 1 aliphatic heterocycles. The molecule has 2 rings (SSSR count). The molecule has 4 nitrogen and oxygen atoms in total. The number of ketones is 1. The van der Waals surface area contributed by atoms with E-state index in [1.54, 1.807) is 0 Å². The molecule has 2 aliphatic rings. The summed E-state index contributed by atoms with van der Waals surface area (Å²) < 4.78 is 0. The molecule has 0 radical (unpaired) electrons. The van der Waals surface area contributed by atoms with Crippen molar-refractivity contribution in [3.05, 3.63) is 0 Å². The van der Waals surface area contributed by atoms with E-state index in [-0.39, 0.29) is 12.1 Å². The molecule has 17 heavy (non-hydrogen) atoms. The Bertz CT molecular complexity index is 273. The van der Waals surface area contributed by atoms with E-state index in [9.17, 15) is 9.59 Å². The predicted molar refractivity (Wildman–Crippen MR) is 65.8 cm³/mol. The number of hydrogen-bond acceptors (Lipinski definition) is 2. The van der Waals surface area contributed by atoms with Crippen LogP contribution in [0.4, 0.5) is 4.79 Å². The second-order valence-corrected chi connectivity index (χ2v) is 5.16. The lowest BCUT2D eigenvalue weighted by atomic mass is 9.94. The zero-order chi connectivity index (χ0) is 12.1. The summed E-state index contributed by atoms with van der Waals surface area (Å²) in [5.41, 5.74) is 0. The van der Waals surface area contributed by atoms with Gasteiger partial charge in [-0.1, -0.05) is 12.8 Å². The Hall–Kier alpha value is -1.06. The minimum Gasteiger partial charge on any atom is -0.335 e. The van der Waals surface area contributed by atoms with Gasteiger partial charge in [0.05, 0.1) is 0 Å². The van der Waals surface area contributed by atoms with Crippen LogP contribution in [0.15, 0.2) is 0 Å². The van der Waals surface area contributed by atoms with E-state index in [1.165, 1.54) is 12.8 Å². The average Bonchev–Trinajstić information content (AvgIpc) is 2.61. The van der Waals surface area contributed by atoms with E-state index in [0.717, 1.165) is 38.8 Å². The number of rotatable bonds is 1. The van der Waals surface area contributed by atoms with Gasteiger partial charge in [-0.25, -0.2) is 4.79 Å². The van der Waals surface area contributed by atoms with Gasteiger partial charge in [0, 0.05) is 32.0 Å². The summed E-state index contributed by atoms with van der Waals surface area (Å²) in [6.07, 6.45) is 7.61. The smallest absolute Gasteiger partial charge is 0.317 e. The van der Waals surface area contributed by atoms with Crippen LogP contribution in [0.2, 0.25) is 0 Å². The van der Waals surface area contributed by atoms with Crippen LogP contribution in [0, 0.1) is 0 Å². The lowest BCUT2D eigenvalue weighted by Gasteiger charge is -2.27. The standard InChI is InChI=1S/C13H22N2O2/c16-12-7-5-11(6-8-12)14-13(17)15-9-3-1-2-4-10-15/h11H,1-10H2,(H,14,17). The van der Waals surface area contributed by atoms with Crippen LogP contribution in [0.1, 0.15) is 51.4 Å². The zero-order valence-electron chi connectivity index (χ0n) is 10.4. The van der Waals surface area contributed by atoms with Gasteiger partial charge >= 0.3 is 6.03 Å². The van der Waals surface area contributed by atoms with E-state index in [2.05, 4.69) is 5.32 Å². The third-order valence-electron chi connectivity index (χ3n) is 3.76. The number of urea groups is 1. The summed E-state index contributed by atoms with van der Waals surface area (Å²) in [7, 11) is 0. The van der Waals surface area contributed by atoms with Crippen LogP contribution in [0.3, 0.4) is 0 Å². The molecule has 1 aliphatic carbocycles.